The van der Waals surface area contributed by atoms with Gasteiger partial charge in [-0.2, -0.15) is 4.31 Å². The Morgan fingerprint density at radius 2 is 1.88 bits per heavy atom. The molecule has 2 aliphatic rings. The van der Waals surface area contributed by atoms with Crippen molar-refractivity contribution in [3.05, 3.63) is 0 Å². The first-order valence-corrected chi connectivity index (χ1v) is 7.54. The van der Waals surface area contributed by atoms with Gasteiger partial charge in [0.25, 0.3) is 0 Å². The lowest BCUT2D eigenvalue weighted by molar-refractivity contribution is 0.0468. The van der Waals surface area contributed by atoms with E-state index in [2.05, 4.69) is 0 Å². The van der Waals surface area contributed by atoms with Crippen LogP contribution in [0.5, 0.6) is 0 Å². The van der Waals surface area contributed by atoms with E-state index in [9.17, 15) is 13.5 Å². The van der Waals surface area contributed by atoms with Crippen molar-refractivity contribution < 1.29 is 13.5 Å². The number of hydrogen-bond acceptors (Lipinski definition) is 3. The maximum atomic E-state index is 12.3. The van der Waals surface area contributed by atoms with Crippen LogP contribution in [0, 0.1) is 0 Å². The lowest BCUT2D eigenvalue weighted by atomic mass is 9.92. The third-order valence-corrected chi connectivity index (χ3v) is 6.49. The second-order valence-corrected chi connectivity index (χ2v) is 7.77. The second kappa shape index (κ2) is 3.96. The Labute approximate surface area is 97.7 Å². The minimum absolute atomic E-state index is 0.197. The first kappa shape index (κ1) is 12.3. The highest BCUT2D eigenvalue weighted by atomic mass is 32.2. The van der Waals surface area contributed by atoms with Gasteiger partial charge in [-0.15, -0.1) is 0 Å². The highest BCUT2D eigenvalue weighted by molar-refractivity contribution is 7.89. The van der Waals surface area contributed by atoms with Crippen molar-refractivity contribution in [3.63, 3.8) is 0 Å². The molecule has 1 N–H and O–H groups in total. The summed E-state index contributed by atoms with van der Waals surface area (Å²) >= 11 is 0. The zero-order valence-corrected chi connectivity index (χ0v) is 10.8. The highest BCUT2D eigenvalue weighted by Gasteiger charge is 2.45. The third-order valence-electron chi connectivity index (χ3n) is 3.92. The molecule has 0 aromatic carbocycles. The molecule has 0 amide bonds. The van der Waals surface area contributed by atoms with Crippen LogP contribution in [0.2, 0.25) is 0 Å². The van der Waals surface area contributed by atoms with E-state index in [0.717, 1.165) is 25.7 Å². The van der Waals surface area contributed by atoms with Gasteiger partial charge in [0.15, 0.2) is 0 Å². The molecule has 1 saturated carbocycles. The molecule has 1 heterocycles. The largest absolute Gasteiger partial charge is 0.392 e. The third kappa shape index (κ3) is 2.00. The number of β-amino-alcohol motifs (C(OH)–C–C–N with tert-alkyl or cyclic N) is 1. The number of rotatable bonds is 2. The summed E-state index contributed by atoms with van der Waals surface area (Å²) in [5.74, 6) is 0. The fourth-order valence-electron chi connectivity index (χ4n) is 2.47. The van der Waals surface area contributed by atoms with Crippen LogP contribution < -0.4 is 0 Å². The molecule has 1 aliphatic heterocycles. The van der Waals surface area contributed by atoms with E-state index in [-0.39, 0.29) is 17.3 Å². The van der Waals surface area contributed by atoms with E-state index in [0.29, 0.717) is 6.42 Å². The summed E-state index contributed by atoms with van der Waals surface area (Å²) in [4.78, 5) is 0. The van der Waals surface area contributed by atoms with Gasteiger partial charge in [-0.1, -0.05) is 6.42 Å². The molecule has 0 spiro atoms. The minimum atomic E-state index is -3.19. The summed E-state index contributed by atoms with van der Waals surface area (Å²) in [5.41, 5.74) is -0.340. The monoisotopic (exact) mass is 247 g/mol. The minimum Gasteiger partial charge on any atom is -0.392 e. The highest BCUT2D eigenvalue weighted by Crippen LogP contribution is 2.36. The van der Waals surface area contributed by atoms with Gasteiger partial charge in [-0.25, -0.2) is 8.42 Å². The second-order valence-electron chi connectivity index (χ2n) is 5.63. The van der Waals surface area contributed by atoms with Crippen LogP contribution in [-0.4, -0.2) is 41.3 Å². The molecule has 0 bridgehead atoms. The average molecular weight is 247 g/mol. The van der Waals surface area contributed by atoms with Crippen molar-refractivity contribution in [2.24, 2.45) is 0 Å². The molecular weight excluding hydrogens is 226 g/mol. The van der Waals surface area contributed by atoms with E-state index in [4.69, 9.17) is 0 Å². The van der Waals surface area contributed by atoms with Crippen molar-refractivity contribution >= 4 is 10.0 Å². The van der Waals surface area contributed by atoms with Crippen LogP contribution in [0.3, 0.4) is 0 Å². The summed E-state index contributed by atoms with van der Waals surface area (Å²) < 4.78 is 26.2. The average Bonchev–Trinajstić information content (AvgIpc) is 2.05. The Morgan fingerprint density at radius 3 is 2.38 bits per heavy atom. The summed E-state index contributed by atoms with van der Waals surface area (Å²) in [6.07, 6.45) is 3.52. The Hall–Kier alpha value is -0.130. The van der Waals surface area contributed by atoms with Crippen LogP contribution in [-0.2, 0) is 10.0 Å². The van der Waals surface area contributed by atoms with Gasteiger partial charge in [0.2, 0.25) is 10.0 Å². The van der Waals surface area contributed by atoms with Crippen molar-refractivity contribution in [2.75, 3.05) is 6.54 Å². The molecule has 0 aromatic heterocycles. The topological polar surface area (TPSA) is 57.6 Å². The van der Waals surface area contributed by atoms with Crippen molar-refractivity contribution in [3.8, 4) is 0 Å². The quantitative estimate of drug-likeness (QED) is 0.795. The molecule has 16 heavy (non-hydrogen) atoms. The smallest absolute Gasteiger partial charge is 0.217 e. The van der Waals surface area contributed by atoms with Crippen molar-refractivity contribution in [2.45, 2.75) is 62.8 Å². The molecule has 2 fully saturated rings. The van der Waals surface area contributed by atoms with Crippen LogP contribution in [0.1, 0.15) is 46.0 Å². The zero-order valence-electron chi connectivity index (χ0n) is 10.0. The summed E-state index contributed by atoms with van der Waals surface area (Å²) in [5, 5.41) is 9.44. The number of hydrogen-bond donors (Lipinski definition) is 1. The van der Waals surface area contributed by atoms with E-state index >= 15 is 0 Å². The normalized spacial score (nSPS) is 32.3. The van der Waals surface area contributed by atoms with E-state index in [1.54, 1.807) is 0 Å². The van der Waals surface area contributed by atoms with Gasteiger partial charge in [-0.05, 0) is 39.5 Å². The van der Waals surface area contributed by atoms with E-state index in [1.165, 1.54) is 4.31 Å². The number of sulfonamides is 1. The Morgan fingerprint density at radius 1 is 1.25 bits per heavy atom. The number of nitrogens with zero attached hydrogens (tertiary/aromatic N) is 1. The lowest BCUT2D eigenvalue weighted by Crippen LogP contribution is -2.57. The standard InChI is InChI=1S/C11H21NO3S/c1-11(2)7-6-9(13)8-12(11)16(14,15)10-4-3-5-10/h9-10,13H,3-8H2,1-2H3. The maximum Gasteiger partial charge on any atom is 0.217 e. The van der Waals surface area contributed by atoms with Gasteiger partial charge in [0.1, 0.15) is 0 Å². The van der Waals surface area contributed by atoms with Gasteiger partial charge in [0, 0.05) is 12.1 Å². The molecule has 2 rings (SSSR count). The van der Waals surface area contributed by atoms with Crippen LogP contribution in [0.15, 0.2) is 0 Å². The Kier molecular flexibility index (Phi) is 3.05. The molecule has 0 aromatic rings. The predicted molar refractivity (Wildman–Crippen MR) is 62.6 cm³/mol. The van der Waals surface area contributed by atoms with Gasteiger partial charge >= 0.3 is 0 Å². The fourth-order valence-corrected chi connectivity index (χ4v) is 4.92. The van der Waals surface area contributed by atoms with Crippen molar-refractivity contribution in [1.29, 1.82) is 0 Å². The SMILES string of the molecule is CC1(C)CCC(O)CN1S(=O)(=O)C1CCC1. The molecule has 1 unspecified atom stereocenters. The molecule has 1 atom stereocenters. The first-order valence-electron chi connectivity index (χ1n) is 6.04. The van der Waals surface area contributed by atoms with Gasteiger partial charge in [-0.3, -0.25) is 0 Å². The van der Waals surface area contributed by atoms with Crippen LogP contribution in [0.25, 0.3) is 0 Å². The first-order chi connectivity index (χ1) is 7.34. The number of piperidine rings is 1. The fraction of sp³-hybridized carbons (Fsp3) is 1.00. The predicted octanol–water partition coefficient (Wildman–Crippen LogP) is 1.10. The molecule has 0 radical (unpaired) electrons. The Balaban J connectivity index is 2.22. The van der Waals surface area contributed by atoms with Crippen molar-refractivity contribution in [1.82, 2.24) is 4.31 Å². The molecule has 1 aliphatic carbocycles. The summed E-state index contributed by atoms with van der Waals surface area (Å²) in [7, 11) is -3.19. The number of aliphatic hydroxyl groups is 1. The lowest BCUT2D eigenvalue weighted by Gasteiger charge is -2.45. The molecule has 94 valence electrons. The summed E-state index contributed by atoms with van der Waals surface area (Å²) in [6.45, 7) is 4.18. The molecule has 1 saturated heterocycles. The molecular formula is C11H21NO3S. The Bertz CT molecular complexity index is 359. The van der Waals surface area contributed by atoms with Crippen LogP contribution >= 0.6 is 0 Å². The van der Waals surface area contributed by atoms with E-state index in [1.807, 2.05) is 13.8 Å². The molecule has 4 nitrogen and oxygen atoms in total. The van der Waals surface area contributed by atoms with E-state index < -0.39 is 16.1 Å². The molecule has 5 heteroatoms. The van der Waals surface area contributed by atoms with Gasteiger partial charge in [0.05, 0.1) is 11.4 Å². The summed E-state index contributed by atoms with van der Waals surface area (Å²) in [6, 6.07) is 0. The zero-order chi connectivity index (χ0) is 12.0. The number of aliphatic hydroxyl groups excluding tert-OH is 1. The maximum absolute atomic E-state index is 12.3. The van der Waals surface area contributed by atoms with Gasteiger partial charge < -0.3 is 5.11 Å². The van der Waals surface area contributed by atoms with Crippen LogP contribution in [0.4, 0.5) is 0 Å².